The minimum Gasteiger partial charge on any atom is -0.390 e. The molecular formula is C7H11N3O5. The fourth-order valence-corrected chi connectivity index (χ4v) is 1.48. The van der Waals surface area contributed by atoms with Crippen LogP contribution < -0.4 is 11.4 Å². The summed E-state index contributed by atoms with van der Waals surface area (Å²) < 4.78 is 6.06. The number of aromatic nitrogens is 3. The number of aromatic amines is 2. The summed E-state index contributed by atoms with van der Waals surface area (Å²) in [4.78, 5) is 24.0. The average Bonchev–Trinajstić information content (AvgIpc) is 2.50. The molecule has 0 aromatic carbocycles. The van der Waals surface area contributed by atoms with E-state index in [1.165, 1.54) is 0 Å². The molecule has 15 heavy (non-hydrogen) atoms. The van der Waals surface area contributed by atoms with Gasteiger partial charge >= 0.3 is 11.4 Å². The second kappa shape index (κ2) is 3.65. The summed E-state index contributed by atoms with van der Waals surface area (Å²) >= 11 is 0. The predicted octanol–water partition coefficient (Wildman–Crippen LogP) is -2.49. The van der Waals surface area contributed by atoms with Crippen molar-refractivity contribution in [1.82, 2.24) is 14.8 Å². The van der Waals surface area contributed by atoms with Gasteiger partial charge in [0.15, 0.2) is 6.23 Å². The lowest BCUT2D eigenvalue weighted by Gasteiger charge is -2.29. The van der Waals surface area contributed by atoms with Gasteiger partial charge in [-0.15, -0.1) is 0 Å². The van der Waals surface area contributed by atoms with E-state index in [9.17, 15) is 19.8 Å². The molecule has 0 aliphatic carbocycles. The molecule has 0 radical (unpaired) electrons. The highest BCUT2D eigenvalue weighted by Gasteiger charge is 2.30. The van der Waals surface area contributed by atoms with Gasteiger partial charge in [0.1, 0.15) is 6.10 Å². The van der Waals surface area contributed by atoms with Gasteiger partial charge in [0.25, 0.3) is 0 Å². The Morgan fingerprint density at radius 2 is 2.07 bits per heavy atom. The highest BCUT2D eigenvalue weighted by molar-refractivity contribution is 4.77. The smallest absolute Gasteiger partial charge is 0.346 e. The van der Waals surface area contributed by atoms with Crippen molar-refractivity contribution < 1.29 is 14.9 Å². The van der Waals surface area contributed by atoms with E-state index >= 15 is 0 Å². The Morgan fingerprint density at radius 1 is 1.33 bits per heavy atom. The van der Waals surface area contributed by atoms with Crippen LogP contribution in [-0.4, -0.2) is 43.8 Å². The third-order valence-corrected chi connectivity index (χ3v) is 2.30. The number of nitrogens with one attached hydrogen (secondary N) is 2. The molecule has 4 N–H and O–H groups in total. The number of rotatable bonds is 1. The van der Waals surface area contributed by atoms with Crippen LogP contribution in [0.2, 0.25) is 0 Å². The number of hydrogen-bond acceptors (Lipinski definition) is 5. The SMILES string of the molecule is O=c1[nH]c(=O)n([C@H]2C[C@@H](O)[C@@H](O)CO2)[nH]1. The zero-order valence-corrected chi connectivity index (χ0v) is 7.71. The fraction of sp³-hybridized carbons (Fsp3) is 0.714. The average molecular weight is 217 g/mol. The molecular weight excluding hydrogens is 206 g/mol. The normalized spacial score (nSPS) is 31.7. The van der Waals surface area contributed by atoms with Gasteiger partial charge in [0.2, 0.25) is 0 Å². The van der Waals surface area contributed by atoms with Crippen LogP contribution in [0.5, 0.6) is 0 Å². The largest absolute Gasteiger partial charge is 0.390 e. The first-order chi connectivity index (χ1) is 7.08. The maximum Gasteiger partial charge on any atom is 0.346 e. The van der Waals surface area contributed by atoms with E-state index in [2.05, 4.69) is 5.10 Å². The molecule has 1 aromatic rings. The number of H-pyrrole nitrogens is 2. The molecule has 0 bridgehead atoms. The molecule has 1 saturated heterocycles. The van der Waals surface area contributed by atoms with Crippen LogP contribution >= 0.6 is 0 Å². The third kappa shape index (κ3) is 1.87. The van der Waals surface area contributed by atoms with E-state index in [0.29, 0.717) is 0 Å². The summed E-state index contributed by atoms with van der Waals surface area (Å²) in [5.41, 5.74) is -1.27. The van der Waals surface area contributed by atoms with Gasteiger partial charge in [-0.05, 0) is 0 Å². The third-order valence-electron chi connectivity index (χ3n) is 2.30. The molecule has 0 unspecified atom stereocenters. The van der Waals surface area contributed by atoms with Crippen LogP contribution in [0.3, 0.4) is 0 Å². The lowest BCUT2D eigenvalue weighted by Crippen LogP contribution is -2.41. The monoisotopic (exact) mass is 217 g/mol. The van der Waals surface area contributed by atoms with E-state index in [1.807, 2.05) is 4.98 Å². The Balaban J connectivity index is 2.22. The van der Waals surface area contributed by atoms with Crippen molar-refractivity contribution in [3.05, 3.63) is 21.0 Å². The fourth-order valence-electron chi connectivity index (χ4n) is 1.48. The number of aliphatic hydroxyl groups is 2. The van der Waals surface area contributed by atoms with Gasteiger partial charge in [-0.25, -0.2) is 19.4 Å². The summed E-state index contributed by atoms with van der Waals surface area (Å²) in [6.45, 7) is -0.0779. The minimum absolute atomic E-state index is 0.0505. The summed E-state index contributed by atoms with van der Waals surface area (Å²) in [5.74, 6) is 0. The van der Waals surface area contributed by atoms with Crippen molar-refractivity contribution in [2.75, 3.05) is 6.61 Å². The van der Waals surface area contributed by atoms with Gasteiger partial charge in [-0.1, -0.05) is 0 Å². The summed E-state index contributed by atoms with van der Waals surface area (Å²) in [6, 6.07) is 0. The van der Waals surface area contributed by atoms with Crippen LogP contribution in [0.4, 0.5) is 0 Å². The zero-order chi connectivity index (χ0) is 11.0. The zero-order valence-electron chi connectivity index (χ0n) is 7.71. The molecule has 3 atom stereocenters. The van der Waals surface area contributed by atoms with E-state index in [-0.39, 0.29) is 13.0 Å². The molecule has 84 valence electrons. The number of aliphatic hydroxyl groups excluding tert-OH is 2. The second-order valence-electron chi connectivity index (χ2n) is 3.40. The first kappa shape index (κ1) is 10.1. The van der Waals surface area contributed by atoms with Gasteiger partial charge < -0.3 is 14.9 Å². The van der Waals surface area contributed by atoms with Crippen LogP contribution in [-0.2, 0) is 4.74 Å². The highest BCUT2D eigenvalue weighted by atomic mass is 16.5. The van der Waals surface area contributed by atoms with Gasteiger partial charge in [-0.2, -0.15) is 0 Å². The topological polar surface area (TPSA) is 120 Å². The molecule has 0 amide bonds. The van der Waals surface area contributed by atoms with E-state index < -0.39 is 29.8 Å². The van der Waals surface area contributed by atoms with Gasteiger partial charge in [-0.3, -0.25) is 4.98 Å². The van der Waals surface area contributed by atoms with Crippen molar-refractivity contribution in [1.29, 1.82) is 0 Å². The summed E-state index contributed by atoms with van der Waals surface area (Å²) in [7, 11) is 0. The molecule has 0 spiro atoms. The Bertz CT molecular complexity index is 446. The number of nitrogens with zero attached hydrogens (tertiary/aromatic N) is 1. The standard InChI is InChI=1S/C7H11N3O5/c11-3-1-5(15-2-4(3)12)10-7(14)8-6(13)9-10/h3-5,11-12H,1-2H2,(H2,8,9,13,14)/t3-,4+,5-/m1/s1. The van der Waals surface area contributed by atoms with E-state index in [0.717, 1.165) is 4.68 Å². The first-order valence-electron chi connectivity index (χ1n) is 4.46. The number of hydrogen-bond donors (Lipinski definition) is 4. The lowest BCUT2D eigenvalue weighted by molar-refractivity contribution is -0.149. The quantitative estimate of drug-likeness (QED) is 0.414. The van der Waals surface area contributed by atoms with Crippen molar-refractivity contribution in [2.24, 2.45) is 0 Å². The van der Waals surface area contributed by atoms with Crippen LogP contribution in [0.1, 0.15) is 12.6 Å². The highest BCUT2D eigenvalue weighted by Crippen LogP contribution is 2.20. The van der Waals surface area contributed by atoms with Gasteiger partial charge in [0, 0.05) is 6.42 Å². The van der Waals surface area contributed by atoms with Crippen molar-refractivity contribution in [3.8, 4) is 0 Å². The van der Waals surface area contributed by atoms with Crippen molar-refractivity contribution in [3.63, 3.8) is 0 Å². The molecule has 1 fully saturated rings. The molecule has 2 heterocycles. The molecule has 0 saturated carbocycles. The maximum atomic E-state index is 11.2. The molecule has 1 aliphatic heterocycles. The predicted molar refractivity (Wildman–Crippen MR) is 47.3 cm³/mol. The Hall–Kier alpha value is -1.38. The second-order valence-corrected chi connectivity index (χ2v) is 3.40. The van der Waals surface area contributed by atoms with Gasteiger partial charge in [0.05, 0.1) is 12.7 Å². The number of ether oxygens (including phenoxy) is 1. The van der Waals surface area contributed by atoms with Crippen LogP contribution in [0.15, 0.2) is 9.59 Å². The molecule has 1 aliphatic rings. The molecule has 8 heteroatoms. The minimum atomic E-state index is -0.964. The van der Waals surface area contributed by atoms with Crippen molar-refractivity contribution >= 4 is 0 Å². The van der Waals surface area contributed by atoms with E-state index in [1.54, 1.807) is 0 Å². The van der Waals surface area contributed by atoms with Crippen molar-refractivity contribution in [2.45, 2.75) is 24.9 Å². The summed E-state index contributed by atoms with van der Waals surface area (Å²) in [5, 5.41) is 20.8. The van der Waals surface area contributed by atoms with Crippen LogP contribution in [0.25, 0.3) is 0 Å². The first-order valence-corrected chi connectivity index (χ1v) is 4.46. The Morgan fingerprint density at radius 3 is 2.60 bits per heavy atom. The molecule has 1 aromatic heterocycles. The summed E-state index contributed by atoms with van der Waals surface area (Å²) in [6.07, 6.45) is -2.62. The van der Waals surface area contributed by atoms with Crippen LogP contribution in [0, 0.1) is 0 Å². The van der Waals surface area contributed by atoms with E-state index in [4.69, 9.17) is 4.74 Å². The lowest BCUT2D eigenvalue weighted by atomic mass is 10.1. The molecule has 2 rings (SSSR count). The Kier molecular flexibility index (Phi) is 2.47. The Labute approximate surface area is 83.1 Å². The molecule has 8 nitrogen and oxygen atoms in total. The maximum absolute atomic E-state index is 11.2.